The number of hydrogen-bond donors (Lipinski definition) is 1. The fraction of sp³-hybridized carbons (Fsp3) is 0.562. The Morgan fingerprint density at radius 2 is 1.95 bits per heavy atom. The van der Waals surface area contributed by atoms with E-state index in [1.54, 1.807) is 0 Å². The molecular weight excluding hydrogens is 272 g/mol. The van der Waals surface area contributed by atoms with Gasteiger partial charge in [0, 0.05) is 30.1 Å². The standard InChI is InChI=1S/C16H24N2O.ClH/c1-4-16(5-2)11-18(15(19)10-12(3)17)14-9-7-6-8-13(14)16;/h6-9,12H,4-5,10-11,17H2,1-3H3;1H. The molecule has 0 spiro atoms. The lowest BCUT2D eigenvalue weighted by Crippen LogP contribution is -2.38. The molecule has 1 unspecified atom stereocenters. The van der Waals surface area contributed by atoms with Crippen molar-refractivity contribution in [2.75, 3.05) is 11.4 Å². The molecule has 0 bridgehead atoms. The SMILES string of the molecule is CCC1(CC)CN(C(=O)CC(C)N)c2ccccc21.Cl. The van der Waals surface area contributed by atoms with Crippen molar-refractivity contribution in [3.05, 3.63) is 29.8 Å². The molecule has 4 heteroatoms. The van der Waals surface area contributed by atoms with Crippen LogP contribution < -0.4 is 10.6 Å². The summed E-state index contributed by atoms with van der Waals surface area (Å²) in [5.41, 5.74) is 8.28. The average Bonchev–Trinajstić information content (AvgIpc) is 2.73. The zero-order chi connectivity index (χ0) is 14.0. The second-order valence-electron chi connectivity index (χ2n) is 5.67. The molecule has 1 aliphatic heterocycles. The molecular formula is C16H25ClN2O. The first-order valence-electron chi connectivity index (χ1n) is 7.19. The van der Waals surface area contributed by atoms with Gasteiger partial charge in [0.05, 0.1) is 0 Å². The van der Waals surface area contributed by atoms with Crippen molar-refractivity contribution in [3.63, 3.8) is 0 Å². The summed E-state index contributed by atoms with van der Waals surface area (Å²) >= 11 is 0. The first-order chi connectivity index (χ1) is 9.04. The number of amides is 1. The minimum absolute atomic E-state index is 0. The highest BCUT2D eigenvalue weighted by Gasteiger charge is 2.41. The van der Waals surface area contributed by atoms with Gasteiger partial charge in [-0.25, -0.2) is 0 Å². The molecule has 20 heavy (non-hydrogen) atoms. The average molecular weight is 297 g/mol. The summed E-state index contributed by atoms with van der Waals surface area (Å²) < 4.78 is 0. The fourth-order valence-corrected chi connectivity index (χ4v) is 3.09. The number of nitrogens with zero attached hydrogens (tertiary/aromatic N) is 1. The lowest BCUT2D eigenvalue weighted by atomic mass is 9.78. The molecule has 1 aromatic rings. The van der Waals surface area contributed by atoms with Crippen molar-refractivity contribution in [1.29, 1.82) is 0 Å². The maximum absolute atomic E-state index is 12.4. The van der Waals surface area contributed by atoms with Crippen molar-refractivity contribution in [2.24, 2.45) is 5.73 Å². The number of carbonyl (C=O) groups is 1. The highest BCUT2D eigenvalue weighted by Crippen LogP contribution is 2.45. The maximum atomic E-state index is 12.4. The van der Waals surface area contributed by atoms with E-state index in [2.05, 4.69) is 32.0 Å². The van der Waals surface area contributed by atoms with E-state index in [9.17, 15) is 4.79 Å². The van der Waals surface area contributed by atoms with Gasteiger partial charge in [-0.2, -0.15) is 0 Å². The quantitative estimate of drug-likeness (QED) is 0.927. The molecule has 0 aromatic heterocycles. The largest absolute Gasteiger partial charge is 0.327 e. The van der Waals surface area contributed by atoms with Crippen molar-refractivity contribution < 1.29 is 4.79 Å². The predicted molar refractivity (Wildman–Crippen MR) is 86.6 cm³/mol. The van der Waals surface area contributed by atoms with Gasteiger partial charge in [0.1, 0.15) is 0 Å². The Labute approximate surface area is 127 Å². The molecule has 1 aromatic carbocycles. The maximum Gasteiger partial charge on any atom is 0.228 e. The van der Waals surface area contributed by atoms with Gasteiger partial charge in [0.2, 0.25) is 5.91 Å². The van der Waals surface area contributed by atoms with Gasteiger partial charge < -0.3 is 10.6 Å². The topological polar surface area (TPSA) is 46.3 Å². The number of nitrogens with two attached hydrogens (primary N) is 1. The summed E-state index contributed by atoms with van der Waals surface area (Å²) in [4.78, 5) is 14.3. The number of fused-ring (bicyclic) bond motifs is 1. The first kappa shape index (κ1) is 17.0. The minimum Gasteiger partial charge on any atom is -0.327 e. The summed E-state index contributed by atoms with van der Waals surface area (Å²) in [5, 5.41) is 0. The van der Waals surface area contributed by atoms with Crippen molar-refractivity contribution in [2.45, 2.75) is 51.5 Å². The number of anilines is 1. The molecule has 0 fully saturated rings. The van der Waals surface area contributed by atoms with Crippen molar-refractivity contribution in [3.8, 4) is 0 Å². The second-order valence-corrected chi connectivity index (χ2v) is 5.67. The number of carbonyl (C=O) groups excluding carboxylic acids is 1. The number of halogens is 1. The van der Waals surface area contributed by atoms with Gasteiger partial charge in [-0.15, -0.1) is 12.4 Å². The number of benzene rings is 1. The van der Waals surface area contributed by atoms with Crippen LogP contribution in [0.1, 0.15) is 45.6 Å². The lowest BCUT2D eigenvalue weighted by Gasteiger charge is -2.27. The Hall–Kier alpha value is -1.06. The van der Waals surface area contributed by atoms with Crippen LogP contribution in [0.5, 0.6) is 0 Å². The van der Waals surface area contributed by atoms with E-state index in [1.807, 2.05) is 17.9 Å². The molecule has 0 saturated heterocycles. The zero-order valence-corrected chi connectivity index (χ0v) is 13.4. The summed E-state index contributed by atoms with van der Waals surface area (Å²) in [5.74, 6) is 0.145. The molecule has 0 aliphatic carbocycles. The van der Waals surface area contributed by atoms with E-state index >= 15 is 0 Å². The molecule has 1 amide bonds. The number of rotatable bonds is 4. The van der Waals surface area contributed by atoms with Crippen LogP contribution in [0.4, 0.5) is 5.69 Å². The van der Waals surface area contributed by atoms with Gasteiger partial charge in [-0.1, -0.05) is 32.0 Å². The molecule has 112 valence electrons. The molecule has 1 aliphatic rings. The van der Waals surface area contributed by atoms with Crippen LogP contribution in [0.2, 0.25) is 0 Å². The molecule has 1 heterocycles. The smallest absolute Gasteiger partial charge is 0.228 e. The molecule has 1 atom stereocenters. The highest BCUT2D eigenvalue weighted by molar-refractivity contribution is 5.96. The normalized spacial score (nSPS) is 17.3. The number of para-hydroxylation sites is 1. The van der Waals surface area contributed by atoms with E-state index in [0.717, 1.165) is 25.1 Å². The van der Waals surface area contributed by atoms with E-state index in [-0.39, 0.29) is 29.8 Å². The summed E-state index contributed by atoms with van der Waals surface area (Å²) in [6, 6.07) is 8.21. The monoisotopic (exact) mass is 296 g/mol. The van der Waals surface area contributed by atoms with Crippen LogP contribution in [0.25, 0.3) is 0 Å². The van der Waals surface area contributed by atoms with Crippen molar-refractivity contribution >= 4 is 24.0 Å². The Bertz CT molecular complexity index is 469. The van der Waals surface area contributed by atoms with Crippen LogP contribution in [0.3, 0.4) is 0 Å². The number of hydrogen-bond acceptors (Lipinski definition) is 2. The zero-order valence-electron chi connectivity index (χ0n) is 12.6. The Morgan fingerprint density at radius 1 is 1.35 bits per heavy atom. The Morgan fingerprint density at radius 3 is 2.50 bits per heavy atom. The third kappa shape index (κ3) is 2.84. The molecule has 0 saturated carbocycles. The summed E-state index contributed by atoms with van der Waals surface area (Å²) in [6.45, 7) is 7.09. The van der Waals surface area contributed by atoms with Gasteiger partial charge >= 0.3 is 0 Å². The van der Waals surface area contributed by atoms with Crippen LogP contribution in [0.15, 0.2) is 24.3 Å². The third-order valence-electron chi connectivity index (χ3n) is 4.38. The van der Waals surface area contributed by atoms with Crippen LogP contribution in [-0.2, 0) is 10.2 Å². The van der Waals surface area contributed by atoms with Gasteiger partial charge in [-0.3, -0.25) is 4.79 Å². The molecule has 2 N–H and O–H groups in total. The van der Waals surface area contributed by atoms with Crippen LogP contribution in [0, 0.1) is 0 Å². The Kier molecular flexibility index (Phi) is 5.60. The van der Waals surface area contributed by atoms with Crippen LogP contribution >= 0.6 is 12.4 Å². The van der Waals surface area contributed by atoms with Gasteiger partial charge in [0.25, 0.3) is 0 Å². The van der Waals surface area contributed by atoms with Gasteiger partial charge in [0.15, 0.2) is 0 Å². The molecule has 0 radical (unpaired) electrons. The molecule has 2 rings (SSSR count). The minimum atomic E-state index is -0.0853. The van der Waals surface area contributed by atoms with E-state index in [4.69, 9.17) is 5.73 Å². The molecule has 3 nitrogen and oxygen atoms in total. The summed E-state index contributed by atoms with van der Waals surface area (Å²) in [6.07, 6.45) is 2.53. The lowest BCUT2D eigenvalue weighted by molar-refractivity contribution is -0.118. The fourth-order valence-electron chi connectivity index (χ4n) is 3.09. The van der Waals surface area contributed by atoms with E-state index in [0.29, 0.717) is 6.42 Å². The predicted octanol–water partition coefficient (Wildman–Crippen LogP) is 3.25. The van der Waals surface area contributed by atoms with Crippen molar-refractivity contribution in [1.82, 2.24) is 0 Å². The third-order valence-corrected chi connectivity index (χ3v) is 4.38. The van der Waals surface area contributed by atoms with E-state index in [1.165, 1.54) is 5.56 Å². The van der Waals surface area contributed by atoms with Gasteiger partial charge in [-0.05, 0) is 31.4 Å². The summed E-state index contributed by atoms with van der Waals surface area (Å²) in [7, 11) is 0. The Balaban J connectivity index is 0.00000200. The first-order valence-corrected chi connectivity index (χ1v) is 7.19. The highest BCUT2D eigenvalue weighted by atomic mass is 35.5. The van der Waals surface area contributed by atoms with E-state index < -0.39 is 0 Å². The second kappa shape index (κ2) is 6.59. The van der Waals surface area contributed by atoms with Crippen LogP contribution in [-0.4, -0.2) is 18.5 Å².